The zero-order valence-corrected chi connectivity index (χ0v) is 13.0. The molecule has 0 aliphatic carbocycles. The Hall–Kier alpha value is -0.510. The van der Waals surface area contributed by atoms with Crippen LogP contribution in [0.2, 0.25) is 10.2 Å². The van der Waals surface area contributed by atoms with Crippen molar-refractivity contribution >= 4 is 28.9 Å². The summed E-state index contributed by atoms with van der Waals surface area (Å²) in [5.74, 6) is 0. The van der Waals surface area contributed by atoms with Crippen molar-refractivity contribution in [3.8, 4) is 0 Å². The van der Waals surface area contributed by atoms with E-state index in [2.05, 4.69) is 36.0 Å². The molecule has 3 rings (SSSR count). The number of halogens is 2. The number of rotatable bonds is 1. The number of hydrogen-bond donors (Lipinski definition) is 1. The van der Waals surface area contributed by atoms with Crippen molar-refractivity contribution in [2.45, 2.75) is 26.8 Å². The van der Waals surface area contributed by atoms with Gasteiger partial charge in [-0.2, -0.15) is 0 Å². The fraction of sp³-hybridized carbons (Fsp3) is 0.643. The molecular formula is C14H19Cl2N3. The first-order valence-corrected chi connectivity index (χ1v) is 7.38. The van der Waals surface area contributed by atoms with Gasteiger partial charge in [-0.25, -0.2) is 4.98 Å². The molecule has 104 valence electrons. The monoisotopic (exact) mass is 299 g/mol. The van der Waals surface area contributed by atoms with Gasteiger partial charge in [0, 0.05) is 31.1 Å². The first-order valence-electron chi connectivity index (χ1n) is 6.63. The third-order valence-electron chi connectivity index (χ3n) is 4.85. The molecule has 0 radical (unpaired) electrons. The first-order chi connectivity index (χ1) is 8.83. The van der Waals surface area contributed by atoms with Crippen LogP contribution in [0.1, 0.15) is 20.8 Å². The molecule has 2 saturated heterocycles. The molecule has 1 aromatic heterocycles. The predicted molar refractivity (Wildman–Crippen MR) is 80.1 cm³/mol. The Kier molecular flexibility index (Phi) is 3.01. The van der Waals surface area contributed by atoms with Gasteiger partial charge in [0.15, 0.2) is 0 Å². The van der Waals surface area contributed by atoms with Gasteiger partial charge in [0.05, 0.1) is 16.9 Å². The van der Waals surface area contributed by atoms with Crippen molar-refractivity contribution in [2.75, 3.05) is 24.5 Å². The minimum absolute atomic E-state index is 0.293. The van der Waals surface area contributed by atoms with Crippen LogP contribution in [0.3, 0.4) is 0 Å². The van der Waals surface area contributed by atoms with Crippen molar-refractivity contribution in [1.29, 1.82) is 0 Å². The molecule has 2 fully saturated rings. The van der Waals surface area contributed by atoms with Crippen LogP contribution < -0.4 is 10.2 Å². The van der Waals surface area contributed by atoms with E-state index in [1.54, 1.807) is 0 Å². The van der Waals surface area contributed by atoms with Crippen LogP contribution in [0.5, 0.6) is 0 Å². The Bertz CT molecular complexity index is 512. The Morgan fingerprint density at radius 1 is 1.42 bits per heavy atom. The van der Waals surface area contributed by atoms with Gasteiger partial charge in [-0.05, 0) is 11.5 Å². The van der Waals surface area contributed by atoms with E-state index < -0.39 is 0 Å². The van der Waals surface area contributed by atoms with E-state index >= 15 is 0 Å². The van der Waals surface area contributed by atoms with E-state index in [0.717, 1.165) is 25.3 Å². The third-order valence-corrected chi connectivity index (χ3v) is 5.53. The molecule has 1 aromatic rings. The number of anilines is 1. The lowest BCUT2D eigenvalue weighted by Gasteiger charge is -2.53. The molecule has 0 unspecified atom stereocenters. The molecule has 2 aliphatic rings. The lowest BCUT2D eigenvalue weighted by Crippen LogP contribution is -2.67. The maximum absolute atomic E-state index is 6.07. The normalized spacial score (nSPS) is 30.2. The van der Waals surface area contributed by atoms with Crippen LogP contribution in [0.4, 0.5) is 5.69 Å². The van der Waals surface area contributed by atoms with Crippen molar-refractivity contribution in [3.05, 3.63) is 22.4 Å². The summed E-state index contributed by atoms with van der Waals surface area (Å²) in [6.07, 6.45) is 1.81. The Morgan fingerprint density at radius 2 is 2.16 bits per heavy atom. The highest BCUT2D eigenvalue weighted by Gasteiger charge is 2.59. The number of hydrogen-bond acceptors (Lipinski definition) is 3. The van der Waals surface area contributed by atoms with Crippen LogP contribution in [0, 0.1) is 10.8 Å². The van der Waals surface area contributed by atoms with Gasteiger partial charge in [0.2, 0.25) is 0 Å². The van der Waals surface area contributed by atoms with E-state index in [1.807, 2.05) is 12.3 Å². The number of nitrogens with one attached hydrogen (secondary N) is 1. The fourth-order valence-corrected chi connectivity index (χ4v) is 3.59. The summed E-state index contributed by atoms with van der Waals surface area (Å²) >= 11 is 12.0. The minimum atomic E-state index is 0.293. The van der Waals surface area contributed by atoms with Crippen LogP contribution >= 0.6 is 23.2 Å². The molecular weight excluding hydrogens is 281 g/mol. The Morgan fingerprint density at radius 3 is 2.63 bits per heavy atom. The van der Waals surface area contributed by atoms with Gasteiger partial charge in [-0.1, -0.05) is 44.0 Å². The maximum atomic E-state index is 6.07. The summed E-state index contributed by atoms with van der Waals surface area (Å²) in [4.78, 5) is 6.52. The van der Waals surface area contributed by atoms with Gasteiger partial charge < -0.3 is 10.2 Å². The highest BCUT2D eigenvalue weighted by Crippen LogP contribution is 2.51. The predicted octanol–water partition coefficient (Wildman–Crippen LogP) is 3.21. The summed E-state index contributed by atoms with van der Waals surface area (Å²) in [6, 6.07) is 2.47. The molecule has 0 saturated carbocycles. The molecule has 2 atom stereocenters. The number of aromatic nitrogens is 1. The minimum Gasteiger partial charge on any atom is -0.368 e. The van der Waals surface area contributed by atoms with Gasteiger partial charge in [0.1, 0.15) is 5.15 Å². The maximum Gasteiger partial charge on any atom is 0.147 e. The summed E-state index contributed by atoms with van der Waals surface area (Å²) in [6.45, 7) is 10.1. The molecule has 0 aromatic carbocycles. The van der Waals surface area contributed by atoms with E-state index in [9.17, 15) is 0 Å². The molecule has 3 heterocycles. The Balaban J connectivity index is 1.88. The standard InChI is InChI=1S/C14H19Cl2N3/c1-13(2,3)14-7-18-11(14)6-19(8-14)9-4-10(15)12(16)17-5-9/h4-5,11,18H,6-8H2,1-3H3/t11-,14+/m1/s1. The largest absolute Gasteiger partial charge is 0.368 e. The zero-order chi connectivity index (χ0) is 13.8. The van der Waals surface area contributed by atoms with Gasteiger partial charge >= 0.3 is 0 Å². The highest BCUT2D eigenvalue weighted by molar-refractivity contribution is 6.41. The van der Waals surface area contributed by atoms with E-state index in [-0.39, 0.29) is 0 Å². The lowest BCUT2D eigenvalue weighted by molar-refractivity contribution is 0.00791. The summed E-state index contributed by atoms with van der Waals surface area (Å²) < 4.78 is 0. The second-order valence-corrected chi connectivity index (χ2v) is 7.45. The second-order valence-electron chi connectivity index (χ2n) is 6.69. The second kappa shape index (κ2) is 4.24. The van der Waals surface area contributed by atoms with Crippen molar-refractivity contribution in [2.24, 2.45) is 10.8 Å². The lowest BCUT2D eigenvalue weighted by atomic mass is 9.59. The fourth-order valence-electron chi connectivity index (χ4n) is 3.33. The topological polar surface area (TPSA) is 28.2 Å². The van der Waals surface area contributed by atoms with E-state index in [0.29, 0.717) is 27.0 Å². The molecule has 0 amide bonds. The quantitative estimate of drug-likeness (QED) is 0.807. The van der Waals surface area contributed by atoms with Crippen molar-refractivity contribution in [1.82, 2.24) is 10.3 Å². The van der Waals surface area contributed by atoms with Crippen LogP contribution in [0.15, 0.2) is 12.3 Å². The van der Waals surface area contributed by atoms with Crippen LogP contribution in [-0.2, 0) is 0 Å². The van der Waals surface area contributed by atoms with Crippen molar-refractivity contribution in [3.63, 3.8) is 0 Å². The molecule has 0 spiro atoms. The Labute approximate surface area is 124 Å². The number of fused-ring (bicyclic) bond motifs is 1. The average Bonchev–Trinajstić information content (AvgIpc) is 2.55. The average molecular weight is 300 g/mol. The van der Waals surface area contributed by atoms with Gasteiger partial charge in [-0.15, -0.1) is 0 Å². The van der Waals surface area contributed by atoms with Crippen LogP contribution in [-0.4, -0.2) is 30.7 Å². The number of nitrogens with zero attached hydrogens (tertiary/aromatic N) is 2. The van der Waals surface area contributed by atoms with Crippen LogP contribution in [0.25, 0.3) is 0 Å². The SMILES string of the molecule is CC(C)(C)[C@]12CN[C@@H]1CN(c1cnc(Cl)c(Cl)c1)C2. The summed E-state index contributed by atoms with van der Waals surface area (Å²) in [5, 5.41) is 4.46. The van der Waals surface area contributed by atoms with Gasteiger partial charge in [-0.3, -0.25) is 0 Å². The summed E-state index contributed by atoms with van der Waals surface area (Å²) in [7, 11) is 0. The molecule has 5 heteroatoms. The van der Waals surface area contributed by atoms with E-state index in [4.69, 9.17) is 23.2 Å². The molecule has 3 nitrogen and oxygen atoms in total. The molecule has 1 N–H and O–H groups in total. The molecule has 19 heavy (non-hydrogen) atoms. The molecule has 0 bridgehead atoms. The molecule has 2 aliphatic heterocycles. The first kappa shape index (κ1) is 13.5. The van der Waals surface area contributed by atoms with Gasteiger partial charge in [0.25, 0.3) is 0 Å². The zero-order valence-electron chi connectivity index (χ0n) is 11.5. The van der Waals surface area contributed by atoms with Crippen molar-refractivity contribution < 1.29 is 0 Å². The highest BCUT2D eigenvalue weighted by atomic mass is 35.5. The third kappa shape index (κ3) is 1.94. The smallest absolute Gasteiger partial charge is 0.147 e. The summed E-state index contributed by atoms with van der Waals surface area (Å²) in [5.41, 5.74) is 1.70. The number of pyridine rings is 1. The van der Waals surface area contributed by atoms with E-state index in [1.165, 1.54) is 0 Å².